The molecule has 0 amide bonds. The summed E-state index contributed by atoms with van der Waals surface area (Å²) >= 11 is 0. The van der Waals surface area contributed by atoms with Gasteiger partial charge in [-0.25, -0.2) is 0 Å². The Hall–Kier alpha value is -0.980. The van der Waals surface area contributed by atoms with Crippen LogP contribution in [-0.2, 0) is 0 Å². The number of rotatable bonds is 2. The highest BCUT2D eigenvalue weighted by Crippen LogP contribution is 2.22. The molecule has 0 saturated heterocycles. The van der Waals surface area contributed by atoms with E-state index in [0.29, 0.717) is 0 Å². The summed E-state index contributed by atoms with van der Waals surface area (Å²) in [5.74, 6) is 0. The fraction of sp³-hybridized carbons (Fsp3) is 0.455. The lowest BCUT2D eigenvalue weighted by Gasteiger charge is -2.21. The molecule has 66 valence electrons. The average Bonchev–Trinajstić information content (AvgIpc) is 2.03. The van der Waals surface area contributed by atoms with Crippen molar-refractivity contribution < 1.29 is 0 Å². The van der Waals surface area contributed by atoms with Crippen LogP contribution in [0.5, 0.6) is 0 Å². The van der Waals surface area contributed by atoms with E-state index in [9.17, 15) is 0 Å². The molecule has 0 heterocycles. The molecule has 0 fully saturated rings. The Bertz CT molecular complexity index is 245. The molecule has 1 aromatic carbocycles. The zero-order chi connectivity index (χ0) is 9.14. The SMILES string of the molecule is CCN(C)c1c(C)cccc1C. The molecule has 0 aromatic heterocycles. The summed E-state index contributed by atoms with van der Waals surface area (Å²) in [5, 5.41) is 0. The van der Waals surface area contributed by atoms with Crippen LogP contribution in [0.3, 0.4) is 0 Å². The molecule has 0 radical (unpaired) electrons. The summed E-state index contributed by atoms with van der Waals surface area (Å²) in [4.78, 5) is 2.28. The molecule has 0 bridgehead atoms. The number of hydrogen-bond acceptors (Lipinski definition) is 1. The lowest BCUT2D eigenvalue weighted by atomic mass is 10.1. The van der Waals surface area contributed by atoms with E-state index in [0.717, 1.165) is 6.54 Å². The predicted octanol–water partition coefficient (Wildman–Crippen LogP) is 2.76. The highest BCUT2D eigenvalue weighted by molar-refractivity contribution is 5.58. The normalized spacial score (nSPS) is 10.0. The maximum absolute atomic E-state index is 2.28. The van der Waals surface area contributed by atoms with Gasteiger partial charge in [0, 0.05) is 19.3 Å². The van der Waals surface area contributed by atoms with Gasteiger partial charge in [0.15, 0.2) is 0 Å². The van der Waals surface area contributed by atoms with E-state index in [2.05, 4.69) is 50.9 Å². The smallest absolute Gasteiger partial charge is 0.0422 e. The molecule has 0 aliphatic carbocycles. The molecule has 0 N–H and O–H groups in total. The van der Waals surface area contributed by atoms with Gasteiger partial charge >= 0.3 is 0 Å². The van der Waals surface area contributed by atoms with Crippen LogP contribution in [0.25, 0.3) is 0 Å². The van der Waals surface area contributed by atoms with Crippen molar-refractivity contribution in [3.05, 3.63) is 29.3 Å². The van der Waals surface area contributed by atoms with Crippen molar-refractivity contribution in [3.63, 3.8) is 0 Å². The minimum Gasteiger partial charge on any atom is -0.374 e. The fourth-order valence-electron chi connectivity index (χ4n) is 1.57. The molecule has 1 nitrogen and oxygen atoms in total. The van der Waals surface area contributed by atoms with Crippen molar-refractivity contribution >= 4 is 5.69 Å². The number of hydrogen-bond donors (Lipinski definition) is 0. The first-order chi connectivity index (χ1) is 5.66. The minimum absolute atomic E-state index is 1.06. The number of anilines is 1. The maximum atomic E-state index is 2.28. The van der Waals surface area contributed by atoms with Crippen LogP contribution in [0.1, 0.15) is 18.1 Å². The van der Waals surface area contributed by atoms with Gasteiger partial charge in [0.2, 0.25) is 0 Å². The van der Waals surface area contributed by atoms with Crippen LogP contribution in [0.2, 0.25) is 0 Å². The molecule has 0 aliphatic rings. The van der Waals surface area contributed by atoms with Crippen LogP contribution in [0, 0.1) is 13.8 Å². The summed E-state index contributed by atoms with van der Waals surface area (Å²) < 4.78 is 0. The van der Waals surface area contributed by atoms with Crippen LogP contribution in [0.15, 0.2) is 18.2 Å². The largest absolute Gasteiger partial charge is 0.374 e. The first kappa shape index (κ1) is 9.11. The van der Waals surface area contributed by atoms with Gasteiger partial charge in [0.1, 0.15) is 0 Å². The second-order valence-electron chi connectivity index (χ2n) is 3.25. The summed E-state index contributed by atoms with van der Waals surface area (Å²) in [7, 11) is 2.13. The zero-order valence-electron chi connectivity index (χ0n) is 8.39. The molecule has 0 atom stereocenters. The number of benzene rings is 1. The third-order valence-corrected chi connectivity index (χ3v) is 2.30. The molecular weight excluding hydrogens is 146 g/mol. The Morgan fingerprint density at radius 2 is 1.67 bits per heavy atom. The first-order valence-corrected chi connectivity index (χ1v) is 4.44. The van der Waals surface area contributed by atoms with Gasteiger partial charge < -0.3 is 4.90 Å². The summed E-state index contributed by atoms with van der Waals surface area (Å²) in [6.07, 6.45) is 0. The van der Waals surface area contributed by atoms with Gasteiger partial charge in [-0.15, -0.1) is 0 Å². The Kier molecular flexibility index (Phi) is 2.74. The molecule has 0 unspecified atom stereocenters. The van der Waals surface area contributed by atoms with Crippen LogP contribution in [0.4, 0.5) is 5.69 Å². The van der Waals surface area contributed by atoms with Crippen LogP contribution < -0.4 is 4.90 Å². The van der Waals surface area contributed by atoms with Crippen molar-refractivity contribution in [2.75, 3.05) is 18.5 Å². The van der Waals surface area contributed by atoms with Gasteiger partial charge in [-0.1, -0.05) is 18.2 Å². The van der Waals surface area contributed by atoms with Crippen LogP contribution >= 0.6 is 0 Å². The topological polar surface area (TPSA) is 3.24 Å². The van der Waals surface area contributed by atoms with Gasteiger partial charge in [-0.2, -0.15) is 0 Å². The number of nitrogens with zero attached hydrogens (tertiary/aromatic N) is 1. The average molecular weight is 163 g/mol. The monoisotopic (exact) mass is 163 g/mol. The summed E-state index contributed by atoms with van der Waals surface area (Å²) in [5.41, 5.74) is 4.10. The van der Waals surface area contributed by atoms with E-state index in [4.69, 9.17) is 0 Å². The molecule has 0 spiro atoms. The van der Waals surface area contributed by atoms with Crippen molar-refractivity contribution in [1.29, 1.82) is 0 Å². The number of para-hydroxylation sites is 1. The lowest BCUT2D eigenvalue weighted by molar-refractivity contribution is 0.954. The van der Waals surface area contributed by atoms with E-state index in [1.165, 1.54) is 16.8 Å². The molecular formula is C11H17N. The summed E-state index contributed by atoms with van der Waals surface area (Å²) in [6, 6.07) is 6.43. The molecule has 1 heteroatoms. The Morgan fingerprint density at radius 1 is 1.17 bits per heavy atom. The van der Waals surface area contributed by atoms with Gasteiger partial charge in [0.25, 0.3) is 0 Å². The maximum Gasteiger partial charge on any atom is 0.0422 e. The zero-order valence-corrected chi connectivity index (χ0v) is 8.39. The Labute approximate surface area is 75.0 Å². The molecule has 1 rings (SSSR count). The lowest BCUT2D eigenvalue weighted by Crippen LogP contribution is -2.17. The third kappa shape index (κ3) is 1.60. The van der Waals surface area contributed by atoms with E-state index < -0.39 is 0 Å². The molecule has 1 aromatic rings. The van der Waals surface area contributed by atoms with Crippen LogP contribution in [-0.4, -0.2) is 13.6 Å². The number of aryl methyl sites for hydroxylation is 2. The first-order valence-electron chi connectivity index (χ1n) is 4.44. The fourth-order valence-corrected chi connectivity index (χ4v) is 1.57. The second kappa shape index (κ2) is 3.61. The third-order valence-electron chi connectivity index (χ3n) is 2.30. The van der Waals surface area contributed by atoms with Crippen molar-refractivity contribution in [2.24, 2.45) is 0 Å². The molecule has 12 heavy (non-hydrogen) atoms. The molecule has 0 saturated carbocycles. The van der Waals surface area contributed by atoms with Gasteiger partial charge in [-0.3, -0.25) is 0 Å². The highest BCUT2D eigenvalue weighted by atomic mass is 15.1. The quantitative estimate of drug-likeness (QED) is 0.648. The molecule has 0 aliphatic heterocycles. The predicted molar refractivity (Wildman–Crippen MR) is 54.9 cm³/mol. The second-order valence-corrected chi connectivity index (χ2v) is 3.25. The van der Waals surface area contributed by atoms with Crippen molar-refractivity contribution in [1.82, 2.24) is 0 Å². The van der Waals surface area contributed by atoms with E-state index in [-0.39, 0.29) is 0 Å². The van der Waals surface area contributed by atoms with E-state index in [1.807, 2.05) is 0 Å². The van der Waals surface area contributed by atoms with Gasteiger partial charge in [-0.05, 0) is 31.9 Å². The van der Waals surface area contributed by atoms with Crippen molar-refractivity contribution in [3.8, 4) is 0 Å². The Morgan fingerprint density at radius 3 is 2.08 bits per heavy atom. The van der Waals surface area contributed by atoms with Crippen molar-refractivity contribution in [2.45, 2.75) is 20.8 Å². The highest BCUT2D eigenvalue weighted by Gasteiger charge is 2.04. The van der Waals surface area contributed by atoms with Gasteiger partial charge in [0.05, 0.1) is 0 Å². The van der Waals surface area contributed by atoms with E-state index in [1.54, 1.807) is 0 Å². The Balaban J connectivity index is 3.12. The summed E-state index contributed by atoms with van der Waals surface area (Å²) in [6.45, 7) is 7.56. The standard InChI is InChI=1S/C11H17N/c1-5-12(4)11-9(2)7-6-8-10(11)3/h6-8H,5H2,1-4H3. The minimum atomic E-state index is 1.06. The van der Waals surface area contributed by atoms with E-state index >= 15 is 0 Å².